The number of nitrogens with one attached hydrogen (secondary N) is 2. The first kappa shape index (κ1) is 16.3. The number of hydrogen-bond donors (Lipinski definition) is 2. The van der Waals surface area contributed by atoms with Crippen molar-refractivity contribution in [2.75, 3.05) is 39.6 Å². The SMILES string of the molecule is COc1cccc(NC(=O)C2(C(=O)NCCN(C)C)CC2)c1. The smallest absolute Gasteiger partial charge is 0.240 e. The van der Waals surface area contributed by atoms with Crippen LogP contribution in [-0.2, 0) is 9.59 Å². The predicted octanol–water partition coefficient (Wildman–Crippen LogP) is 1.09. The molecule has 0 spiro atoms. The number of likely N-dealkylation sites (N-methyl/N-ethyl adjacent to an activating group) is 1. The second-order valence-electron chi connectivity index (χ2n) is 5.83. The summed E-state index contributed by atoms with van der Waals surface area (Å²) in [6.45, 7) is 1.29. The molecule has 1 aromatic rings. The molecule has 6 heteroatoms. The molecule has 2 rings (SSSR count). The quantitative estimate of drug-likeness (QED) is 0.740. The lowest BCUT2D eigenvalue weighted by Crippen LogP contribution is -2.42. The Bertz CT molecular complexity index is 553. The van der Waals surface area contributed by atoms with Crippen LogP contribution in [0.3, 0.4) is 0 Å². The Labute approximate surface area is 130 Å². The summed E-state index contributed by atoms with van der Waals surface area (Å²) in [5.41, 5.74) is -0.272. The van der Waals surface area contributed by atoms with Crippen LogP contribution >= 0.6 is 0 Å². The number of carbonyl (C=O) groups excluding carboxylic acids is 2. The van der Waals surface area contributed by atoms with E-state index in [1.165, 1.54) is 0 Å². The van der Waals surface area contributed by atoms with Gasteiger partial charge in [-0.1, -0.05) is 6.07 Å². The molecule has 0 unspecified atom stereocenters. The van der Waals surface area contributed by atoms with Crippen molar-refractivity contribution in [3.8, 4) is 5.75 Å². The summed E-state index contributed by atoms with van der Waals surface area (Å²) in [5, 5.41) is 5.65. The summed E-state index contributed by atoms with van der Waals surface area (Å²) in [6.07, 6.45) is 1.19. The fourth-order valence-corrected chi connectivity index (χ4v) is 2.20. The van der Waals surface area contributed by atoms with Crippen molar-refractivity contribution in [2.24, 2.45) is 5.41 Å². The highest BCUT2D eigenvalue weighted by molar-refractivity contribution is 6.13. The van der Waals surface area contributed by atoms with Gasteiger partial charge in [0.15, 0.2) is 0 Å². The third-order valence-electron chi connectivity index (χ3n) is 3.79. The lowest BCUT2D eigenvalue weighted by atomic mass is 10.1. The van der Waals surface area contributed by atoms with Gasteiger partial charge in [0.1, 0.15) is 11.2 Å². The van der Waals surface area contributed by atoms with Crippen molar-refractivity contribution in [1.29, 1.82) is 0 Å². The highest BCUT2D eigenvalue weighted by Gasteiger charge is 2.56. The molecule has 1 aliphatic rings. The summed E-state index contributed by atoms with van der Waals surface area (Å²) in [5.74, 6) is 0.232. The molecule has 1 aromatic carbocycles. The minimum absolute atomic E-state index is 0.185. The molecular formula is C16H23N3O3. The molecule has 22 heavy (non-hydrogen) atoms. The van der Waals surface area contributed by atoms with E-state index in [-0.39, 0.29) is 11.8 Å². The van der Waals surface area contributed by atoms with Crippen LogP contribution in [0, 0.1) is 5.41 Å². The lowest BCUT2D eigenvalue weighted by molar-refractivity contribution is -0.134. The van der Waals surface area contributed by atoms with E-state index in [0.29, 0.717) is 30.8 Å². The maximum atomic E-state index is 12.4. The molecule has 1 aliphatic carbocycles. The highest BCUT2D eigenvalue weighted by Crippen LogP contribution is 2.46. The third-order valence-corrected chi connectivity index (χ3v) is 3.79. The average molecular weight is 305 g/mol. The van der Waals surface area contributed by atoms with E-state index in [9.17, 15) is 9.59 Å². The summed E-state index contributed by atoms with van der Waals surface area (Å²) >= 11 is 0. The molecule has 0 aromatic heterocycles. The molecule has 2 N–H and O–H groups in total. The molecule has 0 aliphatic heterocycles. The number of amides is 2. The highest BCUT2D eigenvalue weighted by atomic mass is 16.5. The van der Waals surface area contributed by atoms with Gasteiger partial charge in [-0.3, -0.25) is 9.59 Å². The van der Waals surface area contributed by atoms with Gasteiger partial charge in [0.05, 0.1) is 7.11 Å². The average Bonchev–Trinajstić information content (AvgIpc) is 3.28. The summed E-state index contributed by atoms with van der Waals surface area (Å²) in [7, 11) is 5.45. The van der Waals surface area contributed by atoms with Crippen LogP contribution < -0.4 is 15.4 Å². The predicted molar refractivity (Wildman–Crippen MR) is 84.9 cm³/mol. The Balaban J connectivity index is 1.94. The van der Waals surface area contributed by atoms with Crippen molar-refractivity contribution < 1.29 is 14.3 Å². The van der Waals surface area contributed by atoms with Gasteiger partial charge in [-0.25, -0.2) is 0 Å². The number of benzene rings is 1. The lowest BCUT2D eigenvalue weighted by Gasteiger charge is -2.17. The molecule has 0 atom stereocenters. The minimum atomic E-state index is -0.907. The first-order chi connectivity index (χ1) is 10.5. The third kappa shape index (κ3) is 3.76. The topological polar surface area (TPSA) is 70.7 Å². The fourth-order valence-electron chi connectivity index (χ4n) is 2.20. The van der Waals surface area contributed by atoms with E-state index in [1.807, 2.05) is 19.0 Å². The molecule has 0 heterocycles. The zero-order valence-electron chi connectivity index (χ0n) is 13.3. The summed E-state index contributed by atoms with van der Waals surface area (Å²) < 4.78 is 5.13. The second-order valence-corrected chi connectivity index (χ2v) is 5.83. The van der Waals surface area contributed by atoms with Crippen LogP contribution in [0.2, 0.25) is 0 Å². The summed E-state index contributed by atoms with van der Waals surface area (Å²) in [4.78, 5) is 26.6. The minimum Gasteiger partial charge on any atom is -0.497 e. The number of hydrogen-bond acceptors (Lipinski definition) is 4. The molecule has 1 saturated carbocycles. The Hall–Kier alpha value is -2.08. The van der Waals surface area contributed by atoms with Crippen LogP contribution in [0.4, 0.5) is 5.69 Å². The van der Waals surface area contributed by atoms with Crippen LogP contribution in [-0.4, -0.2) is 51.0 Å². The van der Waals surface area contributed by atoms with Crippen LogP contribution in [0.25, 0.3) is 0 Å². The molecule has 120 valence electrons. The molecule has 6 nitrogen and oxygen atoms in total. The van der Waals surface area contributed by atoms with Crippen molar-refractivity contribution in [1.82, 2.24) is 10.2 Å². The Morgan fingerprint density at radius 1 is 1.27 bits per heavy atom. The maximum Gasteiger partial charge on any atom is 0.240 e. The molecule has 0 bridgehead atoms. The Kier molecular flexibility index (Phi) is 5.03. The molecule has 0 radical (unpaired) electrons. The van der Waals surface area contributed by atoms with Gasteiger partial charge in [-0.15, -0.1) is 0 Å². The zero-order valence-corrected chi connectivity index (χ0v) is 13.3. The first-order valence-corrected chi connectivity index (χ1v) is 7.36. The second kappa shape index (κ2) is 6.79. The van der Waals surface area contributed by atoms with Gasteiger partial charge < -0.3 is 20.3 Å². The number of nitrogens with zero attached hydrogens (tertiary/aromatic N) is 1. The van der Waals surface area contributed by atoms with Gasteiger partial charge in [-0.2, -0.15) is 0 Å². The van der Waals surface area contributed by atoms with Gasteiger partial charge in [-0.05, 0) is 39.1 Å². The van der Waals surface area contributed by atoms with E-state index in [4.69, 9.17) is 4.74 Å². The van der Waals surface area contributed by atoms with E-state index in [2.05, 4.69) is 10.6 Å². The van der Waals surface area contributed by atoms with Crippen LogP contribution in [0.5, 0.6) is 5.75 Å². The fraction of sp³-hybridized carbons (Fsp3) is 0.500. The van der Waals surface area contributed by atoms with Crippen molar-refractivity contribution in [3.05, 3.63) is 24.3 Å². The largest absolute Gasteiger partial charge is 0.497 e. The van der Waals surface area contributed by atoms with Crippen LogP contribution in [0.1, 0.15) is 12.8 Å². The van der Waals surface area contributed by atoms with Gasteiger partial charge in [0, 0.05) is 24.8 Å². The van der Waals surface area contributed by atoms with E-state index < -0.39 is 5.41 Å². The van der Waals surface area contributed by atoms with E-state index >= 15 is 0 Å². The molecule has 2 amide bonds. The maximum absolute atomic E-state index is 12.4. The van der Waals surface area contributed by atoms with E-state index in [1.54, 1.807) is 31.4 Å². The van der Waals surface area contributed by atoms with Gasteiger partial charge in [0.25, 0.3) is 0 Å². The molecule has 0 saturated heterocycles. The Morgan fingerprint density at radius 3 is 2.59 bits per heavy atom. The number of carbonyl (C=O) groups is 2. The van der Waals surface area contributed by atoms with Crippen LogP contribution in [0.15, 0.2) is 24.3 Å². The number of ether oxygens (including phenoxy) is 1. The number of methoxy groups -OCH3 is 1. The van der Waals surface area contributed by atoms with Crippen molar-refractivity contribution in [2.45, 2.75) is 12.8 Å². The summed E-state index contributed by atoms with van der Waals surface area (Å²) in [6, 6.07) is 7.11. The standard InChI is InChI=1S/C16H23N3O3/c1-19(2)10-9-17-14(20)16(7-8-16)15(21)18-12-5-4-6-13(11-12)22-3/h4-6,11H,7-10H2,1-3H3,(H,17,20)(H,18,21). The number of anilines is 1. The zero-order chi connectivity index (χ0) is 16.2. The normalized spacial score (nSPS) is 15.3. The van der Waals surface area contributed by atoms with Gasteiger partial charge >= 0.3 is 0 Å². The van der Waals surface area contributed by atoms with E-state index in [0.717, 1.165) is 6.54 Å². The first-order valence-electron chi connectivity index (χ1n) is 7.36. The van der Waals surface area contributed by atoms with Crippen molar-refractivity contribution >= 4 is 17.5 Å². The molecular weight excluding hydrogens is 282 g/mol. The van der Waals surface area contributed by atoms with Crippen molar-refractivity contribution in [3.63, 3.8) is 0 Å². The Morgan fingerprint density at radius 2 is 2.00 bits per heavy atom. The molecule has 1 fully saturated rings. The number of rotatable bonds is 7. The monoisotopic (exact) mass is 305 g/mol. The van der Waals surface area contributed by atoms with Gasteiger partial charge in [0.2, 0.25) is 11.8 Å².